The maximum absolute atomic E-state index is 12.4. The first-order valence-corrected chi connectivity index (χ1v) is 10.8. The Bertz CT molecular complexity index is 1010. The highest BCUT2D eigenvalue weighted by atomic mass is 32.2. The number of thioether (sulfide) groups is 2. The number of Topliss-reactive ketones (excluding diaryl/α,β-unsaturated/α-hetero) is 1. The Morgan fingerprint density at radius 1 is 1.17 bits per heavy atom. The number of amides is 2. The number of hydrogen-bond donors (Lipinski definition) is 2. The highest BCUT2D eigenvalue weighted by molar-refractivity contribution is 8.00. The zero-order valence-corrected chi connectivity index (χ0v) is 17.4. The Hall–Kier alpha value is -2.78. The molecule has 0 radical (unpaired) electrons. The summed E-state index contributed by atoms with van der Waals surface area (Å²) < 4.78 is 5.14. The minimum absolute atomic E-state index is 0.133. The molecule has 0 spiro atoms. The van der Waals surface area contributed by atoms with Gasteiger partial charge in [0.25, 0.3) is 0 Å². The molecular formula is C20H18N2O5S2. The molecule has 1 aliphatic rings. The van der Waals surface area contributed by atoms with Gasteiger partial charge in [-0.25, -0.2) is 4.79 Å². The number of ether oxygens (including phenoxy) is 1. The van der Waals surface area contributed by atoms with Gasteiger partial charge in [-0.05, 0) is 36.6 Å². The first-order valence-electron chi connectivity index (χ1n) is 8.60. The van der Waals surface area contributed by atoms with Crippen molar-refractivity contribution in [3.05, 3.63) is 47.5 Å². The van der Waals surface area contributed by atoms with Gasteiger partial charge in [-0.15, -0.1) is 23.5 Å². The summed E-state index contributed by atoms with van der Waals surface area (Å²) in [6, 6.07) is 9.79. The predicted octanol–water partition coefficient (Wildman–Crippen LogP) is 3.45. The minimum Gasteiger partial charge on any atom is -0.454 e. The van der Waals surface area contributed by atoms with Crippen LogP contribution in [0.25, 0.3) is 0 Å². The Labute approximate surface area is 176 Å². The monoisotopic (exact) mass is 430 g/mol. The van der Waals surface area contributed by atoms with Crippen molar-refractivity contribution < 1.29 is 23.9 Å². The molecule has 2 amide bonds. The van der Waals surface area contributed by atoms with E-state index in [2.05, 4.69) is 10.6 Å². The van der Waals surface area contributed by atoms with Crippen molar-refractivity contribution in [2.75, 3.05) is 29.2 Å². The first kappa shape index (κ1) is 20.9. The van der Waals surface area contributed by atoms with E-state index in [1.165, 1.54) is 36.5 Å². The van der Waals surface area contributed by atoms with Crippen LogP contribution in [0.1, 0.15) is 27.6 Å². The van der Waals surface area contributed by atoms with Gasteiger partial charge in [-0.3, -0.25) is 14.4 Å². The zero-order valence-electron chi connectivity index (χ0n) is 15.7. The number of fused-ring (bicyclic) bond motifs is 1. The van der Waals surface area contributed by atoms with E-state index in [4.69, 9.17) is 4.74 Å². The van der Waals surface area contributed by atoms with Crippen molar-refractivity contribution in [1.29, 1.82) is 0 Å². The fourth-order valence-electron chi connectivity index (χ4n) is 2.68. The highest BCUT2D eigenvalue weighted by Gasteiger charge is 2.19. The molecule has 0 atom stereocenters. The number of carbonyl (C=O) groups is 4. The number of ketones is 1. The van der Waals surface area contributed by atoms with Gasteiger partial charge in [0.15, 0.2) is 12.4 Å². The lowest BCUT2D eigenvalue weighted by atomic mass is 10.1. The summed E-state index contributed by atoms with van der Waals surface area (Å²) in [6.07, 6.45) is 1.86. The molecule has 29 heavy (non-hydrogen) atoms. The Morgan fingerprint density at radius 3 is 2.66 bits per heavy atom. The van der Waals surface area contributed by atoms with Crippen LogP contribution < -0.4 is 10.6 Å². The lowest BCUT2D eigenvalue weighted by molar-refractivity contribution is -0.114. The minimum atomic E-state index is -0.659. The number of anilines is 2. The van der Waals surface area contributed by atoms with Crippen molar-refractivity contribution in [2.24, 2.45) is 0 Å². The van der Waals surface area contributed by atoms with E-state index in [9.17, 15) is 19.2 Å². The van der Waals surface area contributed by atoms with Crippen molar-refractivity contribution in [1.82, 2.24) is 0 Å². The predicted molar refractivity (Wildman–Crippen MR) is 113 cm³/mol. The Kier molecular flexibility index (Phi) is 6.60. The van der Waals surface area contributed by atoms with Crippen LogP contribution in [0.3, 0.4) is 0 Å². The summed E-state index contributed by atoms with van der Waals surface area (Å²) >= 11 is 2.83. The number of esters is 1. The molecule has 0 fully saturated rings. The summed E-state index contributed by atoms with van der Waals surface area (Å²) in [7, 11) is 0. The van der Waals surface area contributed by atoms with Crippen LogP contribution in [0.15, 0.2) is 46.2 Å². The molecule has 7 nitrogen and oxygen atoms in total. The second-order valence-electron chi connectivity index (χ2n) is 6.14. The summed E-state index contributed by atoms with van der Waals surface area (Å²) in [5, 5.41) is 5.39. The molecular weight excluding hydrogens is 412 g/mol. The van der Waals surface area contributed by atoms with E-state index in [1.54, 1.807) is 30.3 Å². The normalized spacial score (nSPS) is 12.6. The third-order valence-corrected chi connectivity index (χ3v) is 5.88. The van der Waals surface area contributed by atoms with Crippen LogP contribution in [-0.2, 0) is 14.3 Å². The SMILES string of the molecule is CSc1ccc(C(=O)COC(=O)c2ccc3c(c2)NC(=O)CS3)cc1NC(C)=O. The molecule has 2 N–H and O–H groups in total. The molecule has 1 heterocycles. The van der Waals surface area contributed by atoms with Gasteiger partial charge in [0.2, 0.25) is 11.8 Å². The second-order valence-corrected chi connectivity index (χ2v) is 8.01. The van der Waals surface area contributed by atoms with Gasteiger partial charge in [0, 0.05) is 22.3 Å². The average Bonchev–Trinajstić information content (AvgIpc) is 2.70. The van der Waals surface area contributed by atoms with Crippen LogP contribution in [0.2, 0.25) is 0 Å². The Balaban J connectivity index is 1.67. The second kappa shape index (κ2) is 9.15. The smallest absolute Gasteiger partial charge is 0.338 e. The number of nitrogens with one attached hydrogen (secondary N) is 2. The molecule has 3 rings (SSSR count). The molecule has 2 aromatic carbocycles. The standard InChI is InChI=1S/C20H18N2O5S2/c1-11(23)21-14-7-12(3-5-17(14)28-2)16(24)9-27-20(26)13-4-6-18-15(8-13)22-19(25)10-29-18/h3-8H,9-10H2,1-2H3,(H,21,23)(H,22,25). The van der Waals surface area contributed by atoms with E-state index in [1.807, 2.05) is 6.26 Å². The summed E-state index contributed by atoms with van der Waals surface area (Å²) in [6.45, 7) is 0.953. The zero-order chi connectivity index (χ0) is 21.0. The van der Waals surface area contributed by atoms with E-state index in [0.29, 0.717) is 22.7 Å². The quantitative estimate of drug-likeness (QED) is 0.411. The largest absolute Gasteiger partial charge is 0.454 e. The summed E-state index contributed by atoms with van der Waals surface area (Å²) in [5.41, 5.74) is 1.66. The lowest BCUT2D eigenvalue weighted by Crippen LogP contribution is -2.19. The van der Waals surface area contributed by atoms with Crippen molar-refractivity contribution >= 4 is 58.5 Å². The van der Waals surface area contributed by atoms with Gasteiger partial charge in [-0.2, -0.15) is 0 Å². The van der Waals surface area contributed by atoms with Gasteiger partial charge in [0.05, 0.1) is 22.7 Å². The molecule has 9 heteroatoms. The van der Waals surface area contributed by atoms with Crippen molar-refractivity contribution in [3.8, 4) is 0 Å². The average molecular weight is 431 g/mol. The third-order valence-electron chi connectivity index (χ3n) is 4.01. The van der Waals surface area contributed by atoms with E-state index in [0.717, 1.165) is 9.79 Å². The van der Waals surface area contributed by atoms with Gasteiger partial charge < -0.3 is 15.4 Å². The number of rotatable bonds is 6. The van der Waals surface area contributed by atoms with E-state index < -0.39 is 12.6 Å². The van der Waals surface area contributed by atoms with Gasteiger partial charge >= 0.3 is 5.97 Å². The molecule has 150 valence electrons. The topological polar surface area (TPSA) is 102 Å². The van der Waals surface area contributed by atoms with Gasteiger partial charge in [0.1, 0.15) is 0 Å². The highest BCUT2D eigenvalue weighted by Crippen LogP contribution is 2.32. The first-order chi connectivity index (χ1) is 13.9. The van der Waals surface area contributed by atoms with Crippen molar-refractivity contribution in [2.45, 2.75) is 16.7 Å². The number of benzene rings is 2. The molecule has 0 saturated carbocycles. The van der Waals surface area contributed by atoms with E-state index in [-0.39, 0.29) is 23.2 Å². The van der Waals surface area contributed by atoms with Crippen LogP contribution in [-0.4, -0.2) is 42.2 Å². The van der Waals surface area contributed by atoms with E-state index >= 15 is 0 Å². The number of carbonyl (C=O) groups excluding carboxylic acids is 4. The molecule has 2 aromatic rings. The van der Waals surface area contributed by atoms with Crippen molar-refractivity contribution in [3.63, 3.8) is 0 Å². The molecule has 0 bridgehead atoms. The summed E-state index contributed by atoms with van der Waals surface area (Å²) in [4.78, 5) is 49.3. The van der Waals surface area contributed by atoms with Crippen LogP contribution >= 0.6 is 23.5 Å². The van der Waals surface area contributed by atoms with Gasteiger partial charge in [-0.1, -0.05) is 6.07 Å². The maximum atomic E-state index is 12.4. The summed E-state index contributed by atoms with van der Waals surface area (Å²) in [5.74, 6) is -1.09. The fraction of sp³-hybridized carbons (Fsp3) is 0.200. The third kappa shape index (κ3) is 5.18. The fourth-order valence-corrected chi connectivity index (χ4v) is 4.00. The molecule has 0 unspecified atom stereocenters. The lowest BCUT2D eigenvalue weighted by Gasteiger charge is -2.16. The van der Waals surface area contributed by atoms with Crippen LogP contribution in [0.4, 0.5) is 11.4 Å². The maximum Gasteiger partial charge on any atom is 0.338 e. The molecule has 1 aliphatic heterocycles. The van der Waals surface area contributed by atoms with Crippen LogP contribution in [0, 0.1) is 0 Å². The molecule has 0 aliphatic carbocycles. The Morgan fingerprint density at radius 2 is 1.93 bits per heavy atom. The van der Waals surface area contributed by atoms with Crippen LogP contribution in [0.5, 0.6) is 0 Å². The molecule has 0 aromatic heterocycles. The molecule has 0 saturated heterocycles. The number of hydrogen-bond acceptors (Lipinski definition) is 7.